The molecule has 5 nitrogen and oxygen atoms in total. The third-order valence-corrected chi connectivity index (χ3v) is 5.60. The van der Waals surface area contributed by atoms with Crippen LogP contribution in [0.2, 0.25) is 0 Å². The SMILES string of the molecule is C=CC(=O)Oc1c(C)cc(C(c2ccc(O)cc2)c2cc(C)c(OC(=O)C=C)c(C)c2)cc1C. The summed E-state index contributed by atoms with van der Waals surface area (Å²) in [7, 11) is 0. The number of phenols is 1. The molecule has 0 radical (unpaired) electrons. The van der Waals surface area contributed by atoms with E-state index in [9.17, 15) is 14.7 Å². The average molecular weight is 457 g/mol. The lowest BCUT2D eigenvalue weighted by Crippen LogP contribution is -2.10. The molecule has 34 heavy (non-hydrogen) atoms. The maximum atomic E-state index is 11.8. The van der Waals surface area contributed by atoms with Gasteiger partial charge in [0, 0.05) is 18.1 Å². The Labute approximate surface area is 200 Å². The molecule has 0 spiro atoms. The Morgan fingerprint density at radius 2 is 1.06 bits per heavy atom. The molecule has 0 bridgehead atoms. The maximum Gasteiger partial charge on any atom is 0.335 e. The molecular formula is C29H28O5. The highest BCUT2D eigenvalue weighted by molar-refractivity contribution is 5.84. The normalized spacial score (nSPS) is 10.6. The Morgan fingerprint density at radius 1 is 0.706 bits per heavy atom. The molecule has 0 aliphatic carbocycles. The van der Waals surface area contributed by atoms with E-state index in [2.05, 4.69) is 13.2 Å². The summed E-state index contributed by atoms with van der Waals surface area (Å²) in [6, 6.07) is 15.0. The van der Waals surface area contributed by atoms with Crippen LogP contribution in [0.1, 0.15) is 44.9 Å². The number of aromatic hydroxyl groups is 1. The lowest BCUT2D eigenvalue weighted by atomic mass is 9.82. The fraction of sp³-hybridized carbons (Fsp3) is 0.172. The number of hydrogen-bond donors (Lipinski definition) is 1. The van der Waals surface area contributed by atoms with E-state index in [4.69, 9.17) is 9.47 Å². The third kappa shape index (κ3) is 5.26. The van der Waals surface area contributed by atoms with E-state index in [-0.39, 0.29) is 11.7 Å². The van der Waals surface area contributed by atoms with Crippen molar-refractivity contribution in [2.45, 2.75) is 33.6 Å². The molecule has 3 rings (SSSR count). The number of carbonyl (C=O) groups excluding carboxylic acids is 2. The van der Waals surface area contributed by atoms with Crippen LogP contribution in [0.4, 0.5) is 0 Å². The highest BCUT2D eigenvalue weighted by Crippen LogP contribution is 2.39. The zero-order valence-electron chi connectivity index (χ0n) is 19.8. The number of esters is 2. The standard InChI is InChI=1S/C29H28O5/c1-7-25(31)33-28-17(3)13-22(14-18(28)4)27(21-9-11-24(30)12-10-21)23-15-19(5)29(20(6)16-23)34-26(32)8-2/h7-16,27,30H,1-2H2,3-6H3. The van der Waals surface area contributed by atoms with E-state index in [1.165, 1.54) is 0 Å². The molecular weight excluding hydrogens is 428 g/mol. The van der Waals surface area contributed by atoms with E-state index >= 15 is 0 Å². The lowest BCUT2D eigenvalue weighted by molar-refractivity contribution is -0.129. The molecule has 3 aromatic carbocycles. The molecule has 0 saturated heterocycles. The maximum absolute atomic E-state index is 11.8. The highest BCUT2D eigenvalue weighted by atomic mass is 16.5. The number of rotatable bonds is 7. The van der Waals surface area contributed by atoms with Crippen molar-refractivity contribution in [3.63, 3.8) is 0 Å². The minimum atomic E-state index is -0.509. The number of hydrogen-bond acceptors (Lipinski definition) is 5. The van der Waals surface area contributed by atoms with Gasteiger partial charge < -0.3 is 14.6 Å². The molecule has 0 aliphatic rings. The molecule has 0 heterocycles. The monoisotopic (exact) mass is 456 g/mol. The van der Waals surface area contributed by atoms with Gasteiger partial charge in [0.05, 0.1) is 0 Å². The smallest absolute Gasteiger partial charge is 0.335 e. The van der Waals surface area contributed by atoms with Crippen LogP contribution in [0.15, 0.2) is 73.8 Å². The molecule has 0 fully saturated rings. The first-order valence-corrected chi connectivity index (χ1v) is 10.8. The van der Waals surface area contributed by atoms with E-state index in [0.717, 1.165) is 51.1 Å². The number of ether oxygens (including phenoxy) is 2. The molecule has 5 heteroatoms. The second-order valence-electron chi connectivity index (χ2n) is 8.24. The van der Waals surface area contributed by atoms with E-state index in [0.29, 0.717) is 11.5 Å². The zero-order chi connectivity index (χ0) is 25.0. The van der Waals surface area contributed by atoms with Crippen molar-refractivity contribution in [1.29, 1.82) is 0 Å². The third-order valence-electron chi connectivity index (χ3n) is 5.60. The van der Waals surface area contributed by atoms with Gasteiger partial charge in [-0.05, 0) is 78.8 Å². The second kappa shape index (κ2) is 10.2. The highest BCUT2D eigenvalue weighted by Gasteiger charge is 2.22. The Morgan fingerprint density at radius 3 is 1.38 bits per heavy atom. The van der Waals surface area contributed by atoms with Gasteiger partial charge in [-0.1, -0.05) is 49.6 Å². The Kier molecular flexibility index (Phi) is 7.37. The van der Waals surface area contributed by atoms with Gasteiger partial charge in [-0.3, -0.25) is 0 Å². The van der Waals surface area contributed by atoms with Crippen LogP contribution >= 0.6 is 0 Å². The van der Waals surface area contributed by atoms with E-state index in [1.807, 2.05) is 64.1 Å². The van der Waals surface area contributed by atoms with Crippen LogP contribution in [0.3, 0.4) is 0 Å². The van der Waals surface area contributed by atoms with Crippen molar-refractivity contribution < 1.29 is 24.2 Å². The number of phenolic OH excluding ortho intramolecular Hbond substituents is 1. The van der Waals surface area contributed by atoms with Crippen molar-refractivity contribution in [1.82, 2.24) is 0 Å². The molecule has 0 atom stereocenters. The predicted octanol–water partition coefficient (Wildman–Crippen LogP) is 5.99. The van der Waals surface area contributed by atoms with Crippen LogP contribution in [0.5, 0.6) is 17.2 Å². The second-order valence-corrected chi connectivity index (χ2v) is 8.24. The van der Waals surface area contributed by atoms with Gasteiger partial charge in [0.25, 0.3) is 0 Å². The van der Waals surface area contributed by atoms with E-state index in [1.54, 1.807) is 12.1 Å². The number of carbonyl (C=O) groups is 2. The van der Waals surface area contributed by atoms with Crippen LogP contribution in [-0.4, -0.2) is 17.0 Å². The summed E-state index contributed by atoms with van der Waals surface area (Å²) >= 11 is 0. The molecule has 0 aliphatic heterocycles. The number of benzene rings is 3. The molecule has 3 aromatic rings. The van der Waals surface area contributed by atoms with Crippen LogP contribution in [-0.2, 0) is 9.59 Å². The Hall–Kier alpha value is -4.12. The minimum Gasteiger partial charge on any atom is -0.508 e. The van der Waals surface area contributed by atoms with Crippen molar-refractivity contribution in [2.75, 3.05) is 0 Å². The first-order valence-electron chi connectivity index (χ1n) is 10.8. The molecule has 1 N–H and O–H groups in total. The predicted molar refractivity (Wildman–Crippen MR) is 133 cm³/mol. The summed E-state index contributed by atoms with van der Waals surface area (Å²) < 4.78 is 10.9. The van der Waals surface area contributed by atoms with Crippen molar-refractivity contribution in [3.05, 3.63) is 113 Å². The Bertz CT molecular complexity index is 1140. The summed E-state index contributed by atoms with van der Waals surface area (Å²) in [6.07, 6.45) is 2.27. The topological polar surface area (TPSA) is 72.8 Å². The summed E-state index contributed by atoms with van der Waals surface area (Å²) in [6.45, 7) is 14.5. The lowest BCUT2D eigenvalue weighted by Gasteiger charge is -2.23. The van der Waals surface area contributed by atoms with Gasteiger partial charge in [0.2, 0.25) is 0 Å². The minimum absolute atomic E-state index is 0.177. The van der Waals surface area contributed by atoms with Gasteiger partial charge in [0.15, 0.2) is 0 Å². The van der Waals surface area contributed by atoms with E-state index < -0.39 is 11.9 Å². The number of aryl methyl sites for hydroxylation is 4. The first kappa shape index (κ1) is 24.5. The molecule has 0 saturated carbocycles. The van der Waals surface area contributed by atoms with Crippen LogP contribution in [0, 0.1) is 27.7 Å². The first-order chi connectivity index (χ1) is 16.1. The average Bonchev–Trinajstić information content (AvgIpc) is 2.79. The molecule has 0 unspecified atom stereocenters. The summed E-state index contributed by atoms with van der Waals surface area (Å²) in [5, 5.41) is 9.83. The van der Waals surface area contributed by atoms with Crippen molar-refractivity contribution >= 4 is 11.9 Å². The van der Waals surface area contributed by atoms with Gasteiger partial charge in [-0.25, -0.2) is 9.59 Å². The van der Waals surface area contributed by atoms with Crippen molar-refractivity contribution in [3.8, 4) is 17.2 Å². The van der Waals surface area contributed by atoms with Gasteiger partial charge in [0.1, 0.15) is 17.2 Å². The summed E-state index contributed by atoms with van der Waals surface area (Å²) in [5.41, 5.74) is 6.24. The van der Waals surface area contributed by atoms with Gasteiger partial charge in [-0.15, -0.1) is 0 Å². The molecule has 0 amide bonds. The van der Waals surface area contributed by atoms with Crippen LogP contribution in [0.25, 0.3) is 0 Å². The fourth-order valence-electron chi connectivity index (χ4n) is 4.15. The van der Waals surface area contributed by atoms with Gasteiger partial charge >= 0.3 is 11.9 Å². The Balaban J connectivity index is 2.17. The largest absolute Gasteiger partial charge is 0.508 e. The van der Waals surface area contributed by atoms with Gasteiger partial charge in [-0.2, -0.15) is 0 Å². The fourth-order valence-corrected chi connectivity index (χ4v) is 4.15. The molecule has 0 aromatic heterocycles. The summed E-state index contributed by atoms with van der Waals surface area (Å²) in [4.78, 5) is 23.6. The molecule has 174 valence electrons. The van der Waals surface area contributed by atoms with Crippen molar-refractivity contribution in [2.24, 2.45) is 0 Å². The van der Waals surface area contributed by atoms with Crippen LogP contribution < -0.4 is 9.47 Å². The zero-order valence-corrected chi connectivity index (χ0v) is 19.8. The quantitative estimate of drug-likeness (QED) is 0.205. The summed E-state index contributed by atoms with van der Waals surface area (Å²) in [5.74, 6) is 0.00787.